The zero-order valence-corrected chi connectivity index (χ0v) is 9.24. The lowest BCUT2D eigenvalue weighted by Gasteiger charge is -2.04. The van der Waals surface area contributed by atoms with Gasteiger partial charge < -0.3 is 9.47 Å². The van der Waals surface area contributed by atoms with Crippen LogP contribution in [0.4, 0.5) is 4.39 Å². The summed E-state index contributed by atoms with van der Waals surface area (Å²) in [5.41, 5.74) is 0.0684. The molecule has 16 heavy (non-hydrogen) atoms. The highest BCUT2D eigenvalue weighted by Gasteiger charge is 2.10. The van der Waals surface area contributed by atoms with E-state index in [1.807, 2.05) is 6.92 Å². The molecular weight excluding hydrogens is 211 g/mol. The maximum absolute atomic E-state index is 13.2. The molecule has 0 bridgehead atoms. The predicted molar refractivity (Wildman–Crippen MR) is 58.0 cm³/mol. The Labute approximate surface area is 94.2 Å². The van der Waals surface area contributed by atoms with Crippen LogP contribution in [0.5, 0.6) is 0 Å². The Morgan fingerprint density at radius 2 is 1.94 bits per heavy atom. The van der Waals surface area contributed by atoms with Crippen LogP contribution in [-0.2, 0) is 9.47 Å². The molecule has 0 aliphatic rings. The van der Waals surface area contributed by atoms with Gasteiger partial charge in [-0.1, -0.05) is 12.1 Å². The maximum Gasteiger partial charge on any atom is 0.191 e. The van der Waals surface area contributed by atoms with E-state index in [0.29, 0.717) is 19.8 Å². The molecule has 0 spiro atoms. The third kappa shape index (κ3) is 4.08. The summed E-state index contributed by atoms with van der Waals surface area (Å²) in [5, 5.41) is 0. The van der Waals surface area contributed by atoms with Crippen molar-refractivity contribution in [1.29, 1.82) is 0 Å². The third-order valence-electron chi connectivity index (χ3n) is 1.98. The minimum atomic E-state index is -0.513. The van der Waals surface area contributed by atoms with Crippen molar-refractivity contribution in [2.75, 3.05) is 26.4 Å². The molecular formula is C12H15FO3. The van der Waals surface area contributed by atoms with Gasteiger partial charge in [0.25, 0.3) is 0 Å². The zero-order valence-electron chi connectivity index (χ0n) is 9.24. The lowest BCUT2D eigenvalue weighted by Crippen LogP contribution is -2.13. The van der Waals surface area contributed by atoms with Gasteiger partial charge in [0.05, 0.1) is 18.8 Å². The number of hydrogen-bond donors (Lipinski definition) is 0. The molecule has 0 saturated carbocycles. The van der Waals surface area contributed by atoms with Gasteiger partial charge in [-0.3, -0.25) is 4.79 Å². The molecule has 88 valence electrons. The van der Waals surface area contributed by atoms with Crippen molar-refractivity contribution in [3.05, 3.63) is 35.6 Å². The third-order valence-corrected chi connectivity index (χ3v) is 1.98. The van der Waals surface area contributed by atoms with Gasteiger partial charge in [0.2, 0.25) is 0 Å². The summed E-state index contributed by atoms with van der Waals surface area (Å²) in [6.07, 6.45) is 0. The van der Waals surface area contributed by atoms with Gasteiger partial charge in [0, 0.05) is 6.61 Å². The summed E-state index contributed by atoms with van der Waals surface area (Å²) in [7, 11) is 0. The van der Waals surface area contributed by atoms with Crippen molar-refractivity contribution in [3.8, 4) is 0 Å². The van der Waals surface area contributed by atoms with E-state index in [9.17, 15) is 9.18 Å². The lowest BCUT2D eigenvalue weighted by atomic mass is 10.1. The lowest BCUT2D eigenvalue weighted by molar-refractivity contribution is 0.0473. The van der Waals surface area contributed by atoms with Crippen LogP contribution in [0.3, 0.4) is 0 Å². The van der Waals surface area contributed by atoms with Crippen molar-refractivity contribution >= 4 is 5.78 Å². The first-order valence-corrected chi connectivity index (χ1v) is 5.19. The van der Waals surface area contributed by atoms with Crippen LogP contribution in [0.1, 0.15) is 17.3 Å². The number of carbonyl (C=O) groups is 1. The molecule has 1 rings (SSSR count). The summed E-state index contributed by atoms with van der Waals surface area (Å²) in [6.45, 7) is 3.16. The standard InChI is InChI=1S/C12H15FO3/c1-2-15-7-8-16-9-12(14)10-5-3-4-6-11(10)13/h3-6H,2,7-9H2,1H3. The number of rotatable bonds is 7. The van der Waals surface area contributed by atoms with Crippen molar-refractivity contribution in [2.45, 2.75) is 6.92 Å². The van der Waals surface area contributed by atoms with E-state index < -0.39 is 5.82 Å². The number of carbonyl (C=O) groups excluding carboxylic acids is 1. The molecule has 0 aromatic heterocycles. The molecule has 0 fully saturated rings. The minimum absolute atomic E-state index is 0.0684. The second-order valence-electron chi connectivity index (χ2n) is 3.15. The molecule has 0 radical (unpaired) electrons. The average Bonchev–Trinajstić information content (AvgIpc) is 2.29. The summed E-state index contributed by atoms with van der Waals surface area (Å²) in [4.78, 5) is 11.5. The van der Waals surface area contributed by atoms with Crippen molar-refractivity contribution < 1.29 is 18.7 Å². The quantitative estimate of drug-likeness (QED) is 0.527. The molecule has 0 saturated heterocycles. The highest BCUT2D eigenvalue weighted by Crippen LogP contribution is 2.07. The van der Waals surface area contributed by atoms with Crippen LogP contribution in [-0.4, -0.2) is 32.2 Å². The van der Waals surface area contributed by atoms with Crippen molar-refractivity contribution in [2.24, 2.45) is 0 Å². The normalized spacial score (nSPS) is 10.4. The molecule has 3 nitrogen and oxygen atoms in total. The van der Waals surface area contributed by atoms with E-state index in [4.69, 9.17) is 9.47 Å². The number of benzene rings is 1. The first kappa shape index (κ1) is 12.8. The molecule has 0 amide bonds. The van der Waals surface area contributed by atoms with E-state index in [0.717, 1.165) is 0 Å². The molecule has 0 unspecified atom stereocenters. The Balaban J connectivity index is 2.33. The molecule has 1 aromatic carbocycles. The summed E-state index contributed by atoms with van der Waals surface area (Å²) >= 11 is 0. The Hall–Kier alpha value is -1.26. The molecule has 0 aliphatic heterocycles. The Kier molecular flexibility index (Phi) is 5.67. The van der Waals surface area contributed by atoms with Gasteiger partial charge in [-0.05, 0) is 19.1 Å². The van der Waals surface area contributed by atoms with Crippen LogP contribution in [0.25, 0.3) is 0 Å². The Morgan fingerprint density at radius 3 is 2.62 bits per heavy atom. The highest BCUT2D eigenvalue weighted by atomic mass is 19.1. The average molecular weight is 226 g/mol. The predicted octanol–water partition coefficient (Wildman–Crippen LogP) is 2.06. The molecule has 0 heterocycles. The maximum atomic E-state index is 13.2. The SMILES string of the molecule is CCOCCOCC(=O)c1ccccc1F. The molecule has 1 aromatic rings. The Bertz CT molecular complexity index is 339. The van der Waals surface area contributed by atoms with Gasteiger partial charge >= 0.3 is 0 Å². The molecule has 4 heteroatoms. The zero-order chi connectivity index (χ0) is 11.8. The van der Waals surface area contributed by atoms with Crippen molar-refractivity contribution in [3.63, 3.8) is 0 Å². The fraction of sp³-hybridized carbons (Fsp3) is 0.417. The molecule has 0 N–H and O–H groups in total. The second-order valence-corrected chi connectivity index (χ2v) is 3.15. The van der Waals surface area contributed by atoms with Gasteiger partial charge in [-0.25, -0.2) is 4.39 Å². The smallest absolute Gasteiger partial charge is 0.191 e. The minimum Gasteiger partial charge on any atom is -0.379 e. The number of halogens is 1. The highest BCUT2D eigenvalue weighted by molar-refractivity contribution is 5.97. The number of ether oxygens (including phenoxy) is 2. The van der Waals surface area contributed by atoms with Gasteiger partial charge in [-0.2, -0.15) is 0 Å². The molecule has 0 atom stereocenters. The van der Waals surface area contributed by atoms with Gasteiger partial charge in [0.1, 0.15) is 12.4 Å². The van der Waals surface area contributed by atoms with Crippen LogP contribution >= 0.6 is 0 Å². The van der Waals surface area contributed by atoms with E-state index in [-0.39, 0.29) is 18.0 Å². The second kappa shape index (κ2) is 7.09. The van der Waals surface area contributed by atoms with Gasteiger partial charge in [0.15, 0.2) is 5.78 Å². The van der Waals surface area contributed by atoms with Crippen LogP contribution in [0, 0.1) is 5.82 Å². The fourth-order valence-corrected chi connectivity index (χ4v) is 1.19. The van der Waals surface area contributed by atoms with Crippen LogP contribution < -0.4 is 0 Å². The van der Waals surface area contributed by atoms with E-state index in [1.54, 1.807) is 12.1 Å². The number of ketones is 1. The van der Waals surface area contributed by atoms with Crippen molar-refractivity contribution in [1.82, 2.24) is 0 Å². The van der Waals surface area contributed by atoms with Crippen LogP contribution in [0.2, 0.25) is 0 Å². The largest absolute Gasteiger partial charge is 0.379 e. The topological polar surface area (TPSA) is 35.5 Å². The number of Topliss-reactive ketones (excluding diaryl/α,β-unsaturated/α-hetero) is 1. The first-order chi connectivity index (χ1) is 7.75. The Morgan fingerprint density at radius 1 is 1.25 bits per heavy atom. The summed E-state index contributed by atoms with van der Waals surface area (Å²) < 4.78 is 23.3. The first-order valence-electron chi connectivity index (χ1n) is 5.19. The molecule has 0 aliphatic carbocycles. The number of hydrogen-bond acceptors (Lipinski definition) is 3. The van der Waals surface area contributed by atoms with E-state index in [1.165, 1.54) is 12.1 Å². The monoisotopic (exact) mass is 226 g/mol. The van der Waals surface area contributed by atoms with Crippen LogP contribution in [0.15, 0.2) is 24.3 Å². The van der Waals surface area contributed by atoms with E-state index in [2.05, 4.69) is 0 Å². The fourth-order valence-electron chi connectivity index (χ4n) is 1.19. The summed E-state index contributed by atoms with van der Waals surface area (Å²) in [6, 6.07) is 5.87. The van der Waals surface area contributed by atoms with Gasteiger partial charge in [-0.15, -0.1) is 0 Å². The van der Waals surface area contributed by atoms with E-state index >= 15 is 0 Å². The summed E-state index contributed by atoms with van der Waals surface area (Å²) in [5.74, 6) is -0.865.